The molecule has 0 spiro atoms. The topological polar surface area (TPSA) is 49.4 Å². The van der Waals surface area contributed by atoms with Gasteiger partial charge in [-0.15, -0.1) is 0 Å². The number of hydrogen-bond acceptors (Lipinski definition) is 2. The highest BCUT2D eigenvalue weighted by molar-refractivity contribution is 6.30. The Kier molecular flexibility index (Phi) is 5.34. The van der Waals surface area contributed by atoms with Gasteiger partial charge in [0.05, 0.1) is 5.92 Å². The highest BCUT2D eigenvalue weighted by Gasteiger charge is 2.35. The van der Waals surface area contributed by atoms with Gasteiger partial charge in [0, 0.05) is 30.2 Å². The van der Waals surface area contributed by atoms with Crippen molar-refractivity contribution in [2.75, 3.05) is 18.0 Å². The lowest BCUT2D eigenvalue weighted by Crippen LogP contribution is -2.34. The zero-order valence-electron chi connectivity index (χ0n) is 13.5. The molecule has 0 bridgehead atoms. The zero-order chi connectivity index (χ0) is 17.8. The molecule has 25 heavy (non-hydrogen) atoms. The van der Waals surface area contributed by atoms with Crippen LogP contribution in [0.1, 0.15) is 12.0 Å². The van der Waals surface area contributed by atoms with Crippen LogP contribution in [-0.2, 0) is 16.0 Å². The molecule has 130 valence electrons. The van der Waals surface area contributed by atoms with Crippen LogP contribution < -0.4 is 10.2 Å². The zero-order valence-corrected chi connectivity index (χ0v) is 14.3. The molecule has 2 aromatic carbocycles. The molecule has 1 heterocycles. The molecular weight excluding hydrogens is 343 g/mol. The van der Waals surface area contributed by atoms with E-state index in [9.17, 15) is 14.0 Å². The second-order valence-corrected chi connectivity index (χ2v) is 6.49. The summed E-state index contributed by atoms with van der Waals surface area (Å²) in [7, 11) is 0. The Labute approximate surface area is 150 Å². The molecule has 1 N–H and O–H groups in total. The quantitative estimate of drug-likeness (QED) is 0.890. The fraction of sp³-hybridized carbons (Fsp3) is 0.263. The average molecular weight is 361 g/mol. The monoisotopic (exact) mass is 360 g/mol. The maximum atomic E-state index is 13.3. The highest BCUT2D eigenvalue weighted by Crippen LogP contribution is 2.25. The SMILES string of the molecule is O=C(NCCc1ccc(Cl)cc1)C1CC(=O)N(c2cccc(F)c2)C1. The van der Waals surface area contributed by atoms with Gasteiger partial charge in [0.25, 0.3) is 0 Å². The number of nitrogens with zero attached hydrogens (tertiary/aromatic N) is 1. The molecule has 1 saturated heterocycles. The number of rotatable bonds is 5. The summed E-state index contributed by atoms with van der Waals surface area (Å²) in [5.74, 6) is -1.13. The molecule has 3 rings (SSSR count). The van der Waals surface area contributed by atoms with Gasteiger partial charge in [-0.25, -0.2) is 4.39 Å². The smallest absolute Gasteiger partial charge is 0.227 e. The number of nitrogens with one attached hydrogen (secondary N) is 1. The van der Waals surface area contributed by atoms with Gasteiger partial charge in [0.2, 0.25) is 11.8 Å². The van der Waals surface area contributed by atoms with Crippen molar-refractivity contribution in [1.29, 1.82) is 0 Å². The number of carbonyl (C=O) groups excluding carboxylic acids is 2. The van der Waals surface area contributed by atoms with Gasteiger partial charge in [0.15, 0.2) is 0 Å². The molecule has 0 aliphatic carbocycles. The van der Waals surface area contributed by atoms with Crippen molar-refractivity contribution in [1.82, 2.24) is 5.32 Å². The number of amides is 2. The second kappa shape index (κ2) is 7.66. The van der Waals surface area contributed by atoms with Gasteiger partial charge in [-0.3, -0.25) is 9.59 Å². The third kappa shape index (κ3) is 4.37. The first kappa shape index (κ1) is 17.4. The van der Waals surface area contributed by atoms with Crippen molar-refractivity contribution in [3.63, 3.8) is 0 Å². The van der Waals surface area contributed by atoms with Crippen molar-refractivity contribution in [3.05, 3.63) is 64.9 Å². The second-order valence-electron chi connectivity index (χ2n) is 6.05. The van der Waals surface area contributed by atoms with Crippen LogP contribution in [0.2, 0.25) is 5.02 Å². The summed E-state index contributed by atoms with van der Waals surface area (Å²) in [5.41, 5.74) is 1.56. The van der Waals surface area contributed by atoms with E-state index < -0.39 is 11.7 Å². The molecule has 2 amide bonds. The first-order valence-electron chi connectivity index (χ1n) is 8.11. The van der Waals surface area contributed by atoms with E-state index in [2.05, 4.69) is 5.32 Å². The first-order valence-corrected chi connectivity index (χ1v) is 8.49. The number of halogens is 2. The first-order chi connectivity index (χ1) is 12.0. The molecule has 0 aromatic heterocycles. The summed E-state index contributed by atoms with van der Waals surface area (Å²) in [6, 6.07) is 13.3. The molecular formula is C19H18ClFN2O2. The van der Waals surface area contributed by atoms with Crippen molar-refractivity contribution in [3.8, 4) is 0 Å². The predicted molar refractivity (Wildman–Crippen MR) is 95.0 cm³/mol. The molecule has 2 aromatic rings. The predicted octanol–water partition coefficient (Wildman–Crippen LogP) is 3.19. The number of hydrogen-bond donors (Lipinski definition) is 1. The Morgan fingerprint density at radius 2 is 2.00 bits per heavy atom. The Balaban J connectivity index is 1.53. The maximum Gasteiger partial charge on any atom is 0.227 e. The largest absolute Gasteiger partial charge is 0.355 e. The van der Waals surface area contributed by atoms with Crippen molar-refractivity contribution in [2.45, 2.75) is 12.8 Å². The minimum atomic E-state index is -0.416. The molecule has 1 fully saturated rings. The summed E-state index contributed by atoms with van der Waals surface area (Å²) in [5, 5.41) is 3.54. The Morgan fingerprint density at radius 1 is 1.24 bits per heavy atom. The van der Waals surface area contributed by atoms with Crippen LogP contribution in [0.25, 0.3) is 0 Å². The lowest BCUT2D eigenvalue weighted by atomic mass is 10.1. The third-order valence-electron chi connectivity index (χ3n) is 4.24. The van der Waals surface area contributed by atoms with Crippen LogP contribution >= 0.6 is 11.6 Å². The van der Waals surface area contributed by atoms with E-state index in [1.54, 1.807) is 12.1 Å². The highest BCUT2D eigenvalue weighted by atomic mass is 35.5. The van der Waals surface area contributed by atoms with Gasteiger partial charge in [-0.1, -0.05) is 29.8 Å². The summed E-state index contributed by atoms with van der Waals surface area (Å²) in [4.78, 5) is 25.9. The fourth-order valence-electron chi connectivity index (χ4n) is 2.90. The summed E-state index contributed by atoms with van der Waals surface area (Å²) in [6.45, 7) is 0.764. The molecule has 0 saturated carbocycles. The Bertz CT molecular complexity index is 779. The minimum Gasteiger partial charge on any atom is -0.355 e. The van der Waals surface area contributed by atoms with E-state index in [1.807, 2.05) is 24.3 Å². The van der Waals surface area contributed by atoms with Gasteiger partial charge in [-0.05, 0) is 42.3 Å². The molecule has 1 unspecified atom stereocenters. The summed E-state index contributed by atoms with van der Waals surface area (Å²) >= 11 is 5.84. The lowest BCUT2D eigenvalue weighted by Gasteiger charge is -2.16. The van der Waals surface area contributed by atoms with E-state index in [0.717, 1.165) is 5.56 Å². The summed E-state index contributed by atoms with van der Waals surface area (Å²) < 4.78 is 13.3. The maximum absolute atomic E-state index is 13.3. The van der Waals surface area contributed by atoms with Crippen LogP contribution in [0, 0.1) is 11.7 Å². The van der Waals surface area contributed by atoms with E-state index in [0.29, 0.717) is 23.7 Å². The van der Waals surface area contributed by atoms with Crippen LogP contribution in [-0.4, -0.2) is 24.9 Å². The normalized spacial score (nSPS) is 17.0. The Hall–Kier alpha value is -2.40. The number of anilines is 1. The van der Waals surface area contributed by atoms with Crippen LogP contribution in [0.15, 0.2) is 48.5 Å². The van der Waals surface area contributed by atoms with Gasteiger partial charge >= 0.3 is 0 Å². The number of benzene rings is 2. The Morgan fingerprint density at radius 3 is 2.72 bits per heavy atom. The van der Waals surface area contributed by atoms with E-state index >= 15 is 0 Å². The van der Waals surface area contributed by atoms with Crippen LogP contribution in [0.3, 0.4) is 0 Å². The van der Waals surface area contributed by atoms with Crippen molar-refractivity contribution < 1.29 is 14.0 Å². The minimum absolute atomic E-state index is 0.142. The van der Waals surface area contributed by atoms with Gasteiger partial charge in [-0.2, -0.15) is 0 Å². The molecule has 6 heteroatoms. The van der Waals surface area contributed by atoms with Gasteiger partial charge in [0.1, 0.15) is 5.82 Å². The van der Waals surface area contributed by atoms with E-state index in [-0.39, 0.29) is 24.8 Å². The molecule has 4 nitrogen and oxygen atoms in total. The third-order valence-corrected chi connectivity index (χ3v) is 4.49. The van der Waals surface area contributed by atoms with E-state index in [1.165, 1.54) is 17.0 Å². The average Bonchev–Trinajstić information content (AvgIpc) is 2.98. The molecule has 1 aliphatic heterocycles. The molecule has 1 aliphatic rings. The van der Waals surface area contributed by atoms with Crippen molar-refractivity contribution in [2.24, 2.45) is 5.92 Å². The van der Waals surface area contributed by atoms with Crippen LogP contribution in [0.5, 0.6) is 0 Å². The standard InChI is InChI=1S/C19H18ClFN2O2/c20-15-6-4-13(5-7-15)8-9-22-19(25)14-10-18(24)23(12-14)17-3-1-2-16(21)11-17/h1-7,11,14H,8-10,12H2,(H,22,25). The fourth-order valence-corrected chi connectivity index (χ4v) is 3.03. The van der Waals surface area contributed by atoms with Crippen LogP contribution in [0.4, 0.5) is 10.1 Å². The lowest BCUT2D eigenvalue weighted by molar-refractivity contribution is -0.126. The number of carbonyl (C=O) groups is 2. The molecule has 0 radical (unpaired) electrons. The van der Waals surface area contributed by atoms with Gasteiger partial charge < -0.3 is 10.2 Å². The molecule has 1 atom stereocenters. The van der Waals surface area contributed by atoms with Crippen molar-refractivity contribution >= 4 is 29.1 Å². The summed E-state index contributed by atoms with van der Waals surface area (Å²) in [6.07, 6.45) is 0.834. The van der Waals surface area contributed by atoms with E-state index in [4.69, 9.17) is 11.6 Å².